The summed E-state index contributed by atoms with van der Waals surface area (Å²) in [7, 11) is 3.09. The van der Waals surface area contributed by atoms with E-state index in [0.29, 0.717) is 19.4 Å². The normalized spacial score (nSPS) is 10.9. The smallest absolute Gasteiger partial charge is 0.328 e. The van der Waals surface area contributed by atoms with E-state index in [-0.39, 0.29) is 6.29 Å². The van der Waals surface area contributed by atoms with Crippen molar-refractivity contribution in [3.63, 3.8) is 0 Å². The van der Waals surface area contributed by atoms with Gasteiger partial charge in [0.2, 0.25) is 5.91 Å². The monoisotopic (exact) mass is 231 g/mol. The number of carboxylic acid groups (broad SMARTS) is 1. The van der Waals surface area contributed by atoms with Gasteiger partial charge in [-0.2, -0.15) is 0 Å². The Labute approximate surface area is 94.2 Å². The second-order valence-electron chi connectivity index (χ2n) is 3.01. The zero-order valence-corrected chi connectivity index (χ0v) is 9.43. The molecule has 0 radical (unpaired) electrons. The lowest BCUT2D eigenvalue weighted by Crippen LogP contribution is -2.24. The molecule has 0 bridgehead atoms. The highest BCUT2D eigenvalue weighted by Crippen LogP contribution is 2.00. The average molecular weight is 231 g/mol. The minimum absolute atomic E-state index is 0.272. The Morgan fingerprint density at radius 3 is 2.44 bits per heavy atom. The van der Waals surface area contributed by atoms with E-state index in [1.54, 1.807) is 14.2 Å². The van der Waals surface area contributed by atoms with Gasteiger partial charge in [0.05, 0.1) is 0 Å². The summed E-state index contributed by atoms with van der Waals surface area (Å²) >= 11 is 0. The molecule has 92 valence electrons. The average Bonchev–Trinajstić information content (AvgIpc) is 2.26. The van der Waals surface area contributed by atoms with Crippen LogP contribution in [-0.4, -0.2) is 44.0 Å². The van der Waals surface area contributed by atoms with E-state index in [9.17, 15) is 9.59 Å². The standard InChI is InChI=1S/C10H17NO5/c1-15-10(16-2)4-3-7-11-8(12)5-6-9(13)14/h5-6,10H,3-4,7H2,1-2H3,(H,11,12)(H,13,14)/b6-5-. The molecule has 0 fully saturated rings. The van der Waals surface area contributed by atoms with Crippen molar-refractivity contribution >= 4 is 11.9 Å². The molecule has 16 heavy (non-hydrogen) atoms. The Morgan fingerprint density at radius 1 is 1.31 bits per heavy atom. The zero-order chi connectivity index (χ0) is 12.4. The maximum Gasteiger partial charge on any atom is 0.328 e. The Balaban J connectivity index is 3.58. The number of nitrogens with one attached hydrogen (secondary N) is 1. The predicted octanol–water partition coefficient (Wildman–Crippen LogP) is 0.142. The van der Waals surface area contributed by atoms with E-state index in [1.165, 1.54) is 0 Å². The summed E-state index contributed by atoms with van der Waals surface area (Å²) in [6.45, 7) is 0.450. The summed E-state index contributed by atoms with van der Waals surface area (Å²) in [4.78, 5) is 21.1. The van der Waals surface area contributed by atoms with Crippen LogP contribution < -0.4 is 5.32 Å². The number of carbonyl (C=O) groups excluding carboxylic acids is 1. The van der Waals surface area contributed by atoms with E-state index in [0.717, 1.165) is 12.2 Å². The Hall–Kier alpha value is -1.40. The van der Waals surface area contributed by atoms with Crippen LogP contribution >= 0.6 is 0 Å². The molecule has 0 rings (SSSR count). The largest absolute Gasteiger partial charge is 0.478 e. The van der Waals surface area contributed by atoms with Gasteiger partial charge in [0.1, 0.15) is 0 Å². The fourth-order valence-electron chi connectivity index (χ4n) is 1.02. The number of hydrogen-bond acceptors (Lipinski definition) is 4. The third kappa shape index (κ3) is 7.95. The van der Waals surface area contributed by atoms with Crippen LogP contribution in [0, 0.1) is 0 Å². The van der Waals surface area contributed by atoms with Gasteiger partial charge in [0.25, 0.3) is 0 Å². The molecule has 0 aliphatic carbocycles. The molecule has 6 nitrogen and oxygen atoms in total. The van der Waals surface area contributed by atoms with Gasteiger partial charge in [0, 0.05) is 39.3 Å². The van der Waals surface area contributed by atoms with Gasteiger partial charge in [-0.3, -0.25) is 4.79 Å². The van der Waals surface area contributed by atoms with E-state index in [1.807, 2.05) is 0 Å². The third-order valence-corrected chi connectivity index (χ3v) is 1.82. The first-order chi connectivity index (χ1) is 7.60. The number of hydrogen-bond donors (Lipinski definition) is 2. The van der Waals surface area contributed by atoms with Crippen LogP contribution in [0.3, 0.4) is 0 Å². The van der Waals surface area contributed by atoms with Gasteiger partial charge >= 0.3 is 5.97 Å². The van der Waals surface area contributed by atoms with Gasteiger partial charge in [-0.15, -0.1) is 0 Å². The molecule has 0 aliphatic heterocycles. The number of rotatable bonds is 8. The summed E-state index contributed by atoms with van der Waals surface area (Å²) < 4.78 is 9.92. The number of ether oxygens (including phenoxy) is 2. The molecule has 0 saturated heterocycles. The van der Waals surface area contributed by atoms with Crippen molar-refractivity contribution in [2.24, 2.45) is 0 Å². The SMILES string of the molecule is COC(CCCNC(=O)/C=C\C(=O)O)OC. The lowest BCUT2D eigenvalue weighted by molar-refractivity contribution is -0.131. The number of carbonyl (C=O) groups is 2. The summed E-state index contributed by atoms with van der Waals surface area (Å²) in [5, 5.41) is 10.8. The van der Waals surface area contributed by atoms with Crippen LogP contribution in [-0.2, 0) is 19.1 Å². The fourth-order valence-corrected chi connectivity index (χ4v) is 1.02. The van der Waals surface area contributed by atoms with Crippen LogP contribution in [0.2, 0.25) is 0 Å². The first-order valence-corrected chi connectivity index (χ1v) is 4.84. The van der Waals surface area contributed by atoms with Gasteiger partial charge in [-0.05, 0) is 6.42 Å². The third-order valence-electron chi connectivity index (χ3n) is 1.82. The van der Waals surface area contributed by atoms with E-state index in [4.69, 9.17) is 14.6 Å². The molecule has 2 N–H and O–H groups in total. The highest BCUT2D eigenvalue weighted by atomic mass is 16.7. The number of methoxy groups -OCH3 is 2. The molecule has 0 atom stereocenters. The molecule has 0 spiro atoms. The van der Waals surface area contributed by atoms with Gasteiger partial charge in [0.15, 0.2) is 6.29 Å². The Morgan fingerprint density at radius 2 is 1.94 bits per heavy atom. The Bertz CT molecular complexity index is 248. The summed E-state index contributed by atoms with van der Waals surface area (Å²) in [6.07, 6.45) is 2.86. The number of amides is 1. The maximum absolute atomic E-state index is 11.0. The molecule has 0 aliphatic rings. The van der Waals surface area contributed by atoms with Crippen molar-refractivity contribution in [1.82, 2.24) is 5.32 Å². The maximum atomic E-state index is 11.0. The minimum Gasteiger partial charge on any atom is -0.478 e. The molecule has 0 unspecified atom stereocenters. The molecular weight excluding hydrogens is 214 g/mol. The van der Waals surface area contributed by atoms with Crippen molar-refractivity contribution in [3.05, 3.63) is 12.2 Å². The van der Waals surface area contributed by atoms with Crippen LogP contribution in [0.5, 0.6) is 0 Å². The number of aliphatic carboxylic acids is 1. The van der Waals surface area contributed by atoms with Crippen molar-refractivity contribution in [2.75, 3.05) is 20.8 Å². The fraction of sp³-hybridized carbons (Fsp3) is 0.600. The Kier molecular flexibility index (Phi) is 8.10. The van der Waals surface area contributed by atoms with Crippen LogP contribution in [0.4, 0.5) is 0 Å². The molecule has 0 aromatic carbocycles. The van der Waals surface area contributed by atoms with E-state index < -0.39 is 11.9 Å². The molecule has 0 saturated carbocycles. The molecule has 0 heterocycles. The van der Waals surface area contributed by atoms with Gasteiger partial charge < -0.3 is 19.9 Å². The quantitative estimate of drug-likeness (QED) is 0.352. The topological polar surface area (TPSA) is 84.9 Å². The van der Waals surface area contributed by atoms with Crippen LogP contribution in [0.15, 0.2) is 12.2 Å². The molecular formula is C10H17NO5. The van der Waals surface area contributed by atoms with Crippen molar-refractivity contribution in [3.8, 4) is 0 Å². The summed E-state index contributed by atoms with van der Waals surface area (Å²) in [5.41, 5.74) is 0. The molecule has 0 aromatic heterocycles. The molecule has 6 heteroatoms. The summed E-state index contributed by atoms with van der Waals surface area (Å²) in [5.74, 6) is -1.57. The van der Waals surface area contributed by atoms with Crippen molar-refractivity contribution in [2.45, 2.75) is 19.1 Å². The van der Waals surface area contributed by atoms with Crippen LogP contribution in [0.1, 0.15) is 12.8 Å². The van der Waals surface area contributed by atoms with Crippen LogP contribution in [0.25, 0.3) is 0 Å². The molecule has 0 aromatic rings. The highest BCUT2D eigenvalue weighted by molar-refractivity contribution is 5.93. The van der Waals surface area contributed by atoms with Crippen molar-refractivity contribution in [1.29, 1.82) is 0 Å². The van der Waals surface area contributed by atoms with Gasteiger partial charge in [-0.1, -0.05) is 0 Å². The number of carboxylic acids is 1. The van der Waals surface area contributed by atoms with E-state index >= 15 is 0 Å². The lowest BCUT2D eigenvalue weighted by Gasteiger charge is -2.12. The van der Waals surface area contributed by atoms with E-state index in [2.05, 4.69) is 5.32 Å². The minimum atomic E-state index is -1.14. The second kappa shape index (κ2) is 8.87. The van der Waals surface area contributed by atoms with Gasteiger partial charge in [-0.25, -0.2) is 4.79 Å². The lowest BCUT2D eigenvalue weighted by atomic mass is 10.3. The predicted molar refractivity (Wildman–Crippen MR) is 56.8 cm³/mol. The highest BCUT2D eigenvalue weighted by Gasteiger charge is 2.04. The van der Waals surface area contributed by atoms with Crippen molar-refractivity contribution < 1.29 is 24.2 Å². The zero-order valence-electron chi connectivity index (χ0n) is 9.43. The molecule has 1 amide bonds. The first kappa shape index (κ1) is 14.6. The first-order valence-electron chi connectivity index (χ1n) is 4.84. The second-order valence-corrected chi connectivity index (χ2v) is 3.01. The summed E-state index contributed by atoms with van der Waals surface area (Å²) in [6, 6.07) is 0.